The zero-order valence-electron chi connectivity index (χ0n) is 20.3. The summed E-state index contributed by atoms with van der Waals surface area (Å²) in [5.74, 6) is -1.50. The predicted octanol–water partition coefficient (Wildman–Crippen LogP) is 4.08. The van der Waals surface area contributed by atoms with Gasteiger partial charge in [-0.05, 0) is 56.2 Å². The molecule has 2 N–H and O–H groups in total. The molecule has 3 aromatic carbocycles. The van der Waals surface area contributed by atoms with E-state index < -0.39 is 39.6 Å². The van der Waals surface area contributed by atoms with Gasteiger partial charge in [0, 0.05) is 0 Å². The Morgan fingerprint density at radius 2 is 1.39 bits per heavy atom. The lowest BCUT2D eigenvalue weighted by Gasteiger charge is -2.29. The topological polar surface area (TPSA) is 122 Å². The fourth-order valence-electron chi connectivity index (χ4n) is 3.32. The van der Waals surface area contributed by atoms with E-state index in [4.69, 9.17) is 19.4 Å². The maximum atomic E-state index is 13.2. The SMILES string of the molecule is CC(C)(C)OC(=O)CC(N)(C(=O)OCc1ccccc1)c1ccc(OS(=O)(=O)c2ccccc2)cc1. The number of carbonyl (C=O) groups is 2. The van der Waals surface area contributed by atoms with Gasteiger partial charge in [0.25, 0.3) is 0 Å². The second-order valence-electron chi connectivity index (χ2n) is 9.17. The normalized spacial score (nSPS) is 13.3. The summed E-state index contributed by atoms with van der Waals surface area (Å²) < 4.78 is 41.0. The van der Waals surface area contributed by atoms with Gasteiger partial charge in [0.05, 0.1) is 6.42 Å². The number of hydrogen-bond donors (Lipinski definition) is 1. The summed E-state index contributed by atoms with van der Waals surface area (Å²) in [5, 5.41) is 0. The van der Waals surface area contributed by atoms with Gasteiger partial charge < -0.3 is 19.4 Å². The number of carbonyl (C=O) groups excluding carboxylic acids is 2. The van der Waals surface area contributed by atoms with Gasteiger partial charge >= 0.3 is 22.1 Å². The Hall–Kier alpha value is -3.69. The van der Waals surface area contributed by atoms with Gasteiger partial charge in [-0.2, -0.15) is 8.42 Å². The molecule has 3 rings (SSSR count). The van der Waals surface area contributed by atoms with Crippen molar-refractivity contribution in [2.24, 2.45) is 5.73 Å². The number of hydrogen-bond acceptors (Lipinski definition) is 8. The van der Waals surface area contributed by atoms with Crippen molar-refractivity contribution in [3.63, 3.8) is 0 Å². The zero-order chi connectivity index (χ0) is 26.4. The molecular weight excluding hydrogens is 482 g/mol. The molecule has 8 nitrogen and oxygen atoms in total. The molecule has 0 bridgehead atoms. The smallest absolute Gasteiger partial charge is 0.339 e. The molecule has 0 saturated carbocycles. The second kappa shape index (κ2) is 10.9. The largest absolute Gasteiger partial charge is 0.460 e. The van der Waals surface area contributed by atoms with Crippen molar-refractivity contribution in [3.05, 3.63) is 96.1 Å². The molecule has 190 valence electrons. The van der Waals surface area contributed by atoms with E-state index in [0.717, 1.165) is 5.56 Å². The van der Waals surface area contributed by atoms with Crippen LogP contribution in [0.5, 0.6) is 5.75 Å². The third-order valence-electron chi connectivity index (χ3n) is 5.03. The lowest BCUT2D eigenvalue weighted by atomic mass is 9.87. The van der Waals surface area contributed by atoms with Gasteiger partial charge in [0.2, 0.25) is 0 Å². The van der Waals surface area contributed by atoms with Crippen LogP contribution in [0.3, 0.4) is 0 Å². The molecule has 1 unspecified atom stereocenters. The first-order chi connectivity index (χ1) is 16.9. The van der Waals surface area contributed by atoms with E-state index >= 15 is 0 Å². The molecular formula is C27H29NO7S. The van der Waals surface area contributed by atoms with Crippen LogP contribution in [-0.2, 0) is 41.3 Å². The fraction of sp³-hybridized carbons (Fsp3) is 0.259. The van der Waals surface area contributed by atoms with E-state index in [1.165, 1.54) is 36.4 Å². The lowest BCUT2D eigenvalue weighted by molar-refractivity contribution is -0.163. The first kappa shape index (κ1) is 26.9. The van der Waals surface area contributed by atoms with Gasteiger partial charge in [-0.15, -0.1) is 0 Å². The van der Waals surface area contributed by atoms with Gasteiger partial charge in [0.1, 0.15) is 22.9 Å². The van der Waals surface area contributed by atoms with Crippen molar-refractivity contribution >= 4 is 22.1 Å². The first-order valence-corrected chi connectivity index (χ1v) is 12.6. The average molecular weight is 512 g/mol. The maximum Gasteiger partial charge on any atom is 0.339 e. The Bertz CT molecular complexity index is 1290. The summed E-state index contributed by atoms with van der Waals surface area (Å²) in [4.78, 5) is 25.8. The number of rotatable bonds is 9. The van der Waals surface area contributed by atoms with E-state index in [2.05, 4.69) is 0 Å². The monoisotopic (exact) mass is 511 g/mol. The van der Waals surface area contributed by atoms with Crippen LogP contribution in [0.2, 0.25) is 0 Å². The van der Waals surface area contributed by atoms with Crippen molar-refractivity contribution in [1.82, 2.24) is 0 Å². The summed E-state index contributed by atoms with van der Waals surface area (Å²) in [7, 11) is -4.05. The quantitative estimate of drug-likeness (QED) is 0.337. The minimum Gasteiger partial charge on any atom is -0.460 e. The van der Waals surface area contributed by atoms with E-state index in [9.17, 15) is 18.0 Å². The van der Waals surface area contributed by atoms with E-state index in [-0.39, 0.29) is 22.8 Å². The minimum absolute atomic E-state index is 0.00309. The summed E-state index contributed by atoms with van der Waals surface area (Å²) >= 11 is 0. The molecule has 0 saturated heterocycles. The van der Waals surface area contributed by atoms with Crippen molar-refractivity contribution in [1.29, 1.82) is 0 Å². The summed E-state index contributed by atoms with van der Waals surface area (Å²) in [6.07, 6.45) is -0.486. The second-order valence-corrected chi connectivity index (χ2v) is 10.7. The Morgan fingerprint density at radius 3 is 1.94 bits per heavy atom. The molecule has 3 aromatic rings. The van der Waals surface area contributed by atoms with Gasteiger partial charge in [0.15, 0.2) is 5.54 Å². The minimum atomic E-state index is -4.05. The predicted molar refractivity (Wildman–Crippen MR) is 133 cm³/mol. The zero-order valence-corrected chi connectivity index (χ0v) is 21.2. The number of esters is 2. The van der Waals surface area contributed by atoms with Crippen molar-refractivity contribution in [2.75, 3.05) is 0 Å². The van der Waals surface area contributed by atoms with Crippen molar-refractivity contribution in [3.8, 4) is 5.75 Å². The van der Waals surface area contributed by atoms with Crippen LogP contribution in [-0.4, -0.2) is 26.0 Å². The highest BCUT2D eigenvalue weighted by Gasteiger charge is 2.41. The molecule has 0 spiro atoms. The van der Waals surface area contributed by atoms with Gasteiger partial charge in [-0.1, -0.05) is 60.7 Å². The molecule has 36 heavy (non-hydrogen) atoms. The van der Waals surface area contributed by atoms with Crippen LogP contribution >= 0.6 is 0 Å². The average Bonchev–Trinajstić information content (AvgIpc) is 2.82. The molecule has 0 heterocycles. The van der Waals surface area contributed by atoms with Gasteiger partial charge in [-0.3, -0.25) is 4.79 Å². The van der Waals surface area contributed by atoms with Crippen LogP contribution in [0, 0.1) is 0 Å². The molecule has 0 fully saturated rings. The third-order valence-corrected chi connectivity index (χ3v) is 6.29. The van der Waals surface area contributed by atoms with E-state index in [0.29, 0.717) is 0 Å². The Kier molecular flexibility index (Phi) is 8.17. The highest BCUT2D eigenvalue weighted by atomic mass is 32.2. The molecule has 0 aliphatic rings. The Balaban J connectivity index is 1.85. The van der Waals surface area contributed by atoms with E-state index in [1.54, 1.807) is 51.1 Å². The van der Waals surface area contributed by atoms with Crippen LogP contribution in [0.4, 0.5) is 0 Å². The maximum absolute atomic E-state index is 13.2. The van der Waals surface area contributed by atoms with E-state index in [1.807, 2.05) is 18.2 Å². The van der Waals surface area contributed by atoms with Crippen molar-refractivity contribution < 1.29 is 31.7 Å². The first-order valence-electron chi connectivity index (χ1n) is 11.2. The summed E-state index contributed by atoms with van der Waals surface area (Å²) in [5.41, 5.74) is 4.80. The standard InChI is InChI=1S/C27H29NO7S/c1-26(2,3)34-24(29)18-27(28,25(30)33-19-20-10-6-4-7-11-20)21-14-16-22(17-15-21)35-36(31,32)23-12-8-5-9-13-23/h4-17H,18-19,28H2,1-3H3. The van der Waals surface area contributed by atoms with Gasteiger partial charge in [-0.25, -0.2) is 4.79 Å². The van der Waals surface area contributed by atoms with Crippen molar-refractivity contribution in [2.45, 2.75) is 49.8 Å². The number of nitrogens with two attached hydrogens (primary N) is 1. The molecule has 0 aromatic heterocycles. The number of ether oxygens (including phenoxy) is 2. The Labute approximate surface area is 211 Å². The molecule has 0 aliphatic carbocycles. The molecule has 0 aliphatic heterocycles. The van der Waals surface area contributed by atoms with Crippen LogP contribution in [0.1, 0.15) is 38.3 Å². The molecule has 9 heteroatoms. The van der Waals surface area contributed by atoms with Crippen LogP contribution in [0.15, 0.2) is 89.8 Å². The fourth-order valence-corrected chi connectivity index (χ4v) is 4.27. The highest BCUT2D eigenvalue weighted by molar-refractivity contribution is 7.87. The molecule has 1 atom stereocenters. The third kappa shape index (κ3) is 7.16. The van der Waals surface area contributed by atoms with Crippen LogP contribution < -0.4 is 9.92 Å². The number of benzene rings is 3. The molecule has 0 radical (unpaired) electrons. The summed E-state index contributed by atoms with van der Waals surface area (Å²) in [6, 6.07) is 22.3. The highest BCUT2D eigenvalue weighted by Crippen LogP contribution is 2.29. The van der Waals surface area contributed by atoms with Crippen LogP contribution in [0.25, 0.3) is 0 Å². The molecule has 0 amide bonds. The lowest BCUT2D eigenvalue weighted by Crippen LogP contribution is -2.48. The summed E-state index contributed by atoms with van der Waals surface area (Å²) in [6.45, 7) is 5.08. The Morgan fingerprint density at radius 1 is 0.833 bits per heavy atom.